The lowest BCUT2D eigenvalue weighted by Crippen LogP contribution is -2.35. The molecule has 0 aliphatic carbocycles. The van der Waals surface area contributed by atoms with Gasteiger partial charge in [-0.25, -0.2) is 4.79 Å². The lowest BCUT2D eigenvalue weighted by molar-refractivity contribution is 0.0792. The van der Waals surface area contributed by atoms with Crippen molar-refractivity contribution in [3.63, 3.8) is 0 Å². The number of nitrogens with zero attached hydrogens (tertiary/aromatic N) is 2. The molecule has 0 atom stereocenters. The minimum absolute atomic E-state index is 0.162. The van der Waals surface area contributed by atoms with Crippen molar-refractivity contribution in [1.29, 1.82) is 0 Å². The number of piperidine rings is 1. The van der Waals surface area contributed by atoms with Gasteiger partial charge in [-0.2, -0.15) is 0 Å². The van der Waals surface area contributed by atoms with Crippen LogP contribution < -0.4 is 10.6 Å². The molecule has 1 aromatic heterocycles. The van der Waals surface area contributed by atoms with Gasteiger partial charge in [-0.15, -0.1) is 0 Å². The number of hydrogen-bond acceptors (Lipinski definition) is 4. The first kappa shape index (κ1) is 16.4. The Morgan fingerprint density at radius 2 is 1.92 bits per heavy atom. The summed E-state index contributed by atoms with van der Waals surface area (Å²) in [5.74, 6) is 0. The van der Waals surface area contributed by atoms with Crippen LogP contribution in [-0.2, 0) is 6.54 Å². The van der Waals surface area contributed by atoms with Crippen molar-refractivity contribution in [3.05, 3.63) is 54.4 Å². The standard InChI is InChI=1S/C18H22N4O2/c23-17-6-9-22(10-7-17)13-14-3-1-4-15(11-14)20-18(24)21-16-5-2-8-19-12-16/h1-5,8,11-12,17,23H,6-7,9-10,13H2,(H2,20,21,24). The number of urea groups is 1. The Kier molecular flexibility index (Phi) is 5.40. The van der Waals surface area contributed by atoms with E-state index in [1.165, 1.54) is 0 Å². The fourth-order valence-electron chi connectivity index (χ4n) is 2.81. The maximum Gasteiger partial charge on any atom is 0.323 e. The molecule has 3 rings (SSSR count). The number of anilines is 2. The number of aliphatic hydroxyl groups is 1. The Morgan fingerprint density at radius 1 is 1.17 bits per heavy atom. The van der Waals surface area contributed by atoms with Crippen molar-refractivity contribution in [2.45, 2.75) is 25.5 Å². The molecule has 0 radical (unpaired) electrons. The summed E-state index contributed by atoms with van der Waals surface area (Å²) in [5, 5.41) is 15.2. The number of aromatic nitrogens is 1. The van der Waals surface area contributed by atoms with E-state index in [2.05, 4.69) is 26.6 Å². The van der Waals surface area contributed by atoms with Crippen LogP contribution in [0, 0.1) is 0 Å². The van der Waals surface area contributed by atoms with Crippen molar-refractivity contribution < 1.29 is 9.90 Å². The van der Waals surface area contributed by atoms with E-state index in [1.807, 2.05) is 18.2 Å². The number of likely N-dealkylation sites (tertiary alicyclic amines) is 1. The Balaban J connectivity index is 1.55. The van der Waals surface area contributed by atoms with E-state index in [9.17, 15) is 9.90 Å². The third-order valence-corrected chi connectivity index (χ3v) is 4.07. The Hall–Kier alpha value is -2.44. The predicted octanol–water partition coefficient (Wildman–Crippen LogP) is 2.68. The van der Waals surface area contributed by atoms with Crippen LogP contribution in [0.25, 0.3) is 0 Å². The molecule has 1 aliphatic heterocycles. The van der Waals surface area contributed by atoms with Gasteiger partial charge in [-0.1, -0.05) is 12.1 Å². The average molecular weight is 326 g/mol. The average Bonchev–Trinajstić information content (AvgIpc) is 2.58. The summed E-state index contributed by atoms with van der Waals surface area (Å²) in [5.41, 5.74) is 2.55. The van der Waals surface area contributed by atoms with E-state index in [-0.39, 0.29) is 12.1 Å². The fraction of sp³-hybridized carbons (Fsp3) is 0.333. The molecule has 0 saturated carbocycles. The second-order valence-corrected chi connectivity index (χ2v) is 6.03. The van der Waals surface area contributed by atoms with Gasteiger partial charge in [-0.05, 0) is 42.7 Å². The van der Waals surface area contributed by atoms with Crippen molar-refractivity contribution >= 4 is 17.4 Å². The first-order valence-electron chi connectivity index (χ1n) is 8.16. The van der Waals surface area contributed by atoms with Gasteiger partial charge in [0.25, 0.3) is 0 Å². The maximum atomic E-state index is 12.0. The maximum absolute atomic E-state index is 12.0. The van der Waals surface area contributed by atoms with Gasteiger partial charge in [0.15, 0.2) is 0 Å². The lowest BCUT2D eigenvalue weighted by atomic mass is 10.1. The van der Waals surface area contributed by atoms with E-state index in [1.54, 1.807) is 24.5 Å². The molecule has 1 aromatic carbocycles. The monoisotopic (exact) mass is 326 g/mol. The Labute approximate surface area is 141 Å². The number of amides is 2. The first-order valence-corrected chi connectivity index (χ1v) is 8.16. The van der Waals surface area contributed by atoms with Crippen LogP contribution in [0.15, 0.2) is 48.8 Å². The van der Waals surface area contributed by atoms with Crippen molar-refractivity contribution in [3.8, 4) is 0 Å². The van der Waals surface area contributed by atoms with E-state index < -0.39 is 0 Å². The molecule has 6 heteroatoms. The highest BCUT2D eigenvalue weighted by Gasteiger charge is 2.16. The van der Waals surface area contributed by atoms with Crippen molar-refractivity contribution in [1.82, 2.24) is 9.88 Å². The smallest absolute Gasteiger partial charge is 0.323 e. The van der Waals surface area contributed by atoms with Gasteiger partial charge in [0.05, 0.1) is 18.0 Å². The second kappa shape index (κ2) is 7.90. The zero-order chi connectivity index (χ0) is 16.8. The Morgan fingerprint density at radius 3 is 2.67 bits per heavy atom. The van der Waals surface area contributed by atoms with Crippen LogP contribution in [0.1, 0.15) is 18.4 Å². The van der Waals surface area contributed by atoms with Gasteiger partial charge in [-0.3, -0.25) is 9.88 Å². The molecule has 3 N–H and O–H groups in total. The topological polar surface area (TPSA) is 77.5 Å². The number of nitrogens with one attached hydrogen (secondary N) is 2. The highest BCUT2D eigenvalue weighted by Crippen LogP contribution is 2.17. The number of benzene rings is 1. The zero-order valence-corrected chi connectivity index (χ0v) is 13.5. The van der Waals surface area contributed by atoms with E-state index in [0.29, 0.717) is 5.69 Å². The molecule has 1 fully saturated rings. The van der Waals surface area contributed by atoms with Crippen LogP contribution in [-0.4, -0.2) is 40.2 Å². The molecular formula is C18H22N4O2. The van der Waals surface area contributed by atoms with Crippen LogP contribution >= 0.6 is 0 Å². The van der Waals surface area contributed by atoms with Crippen molar-refractivity contribution in [2.24, 2.45) is 0 Å². The number of carbonyl (C=O) groups excluding carboxylic acids is 1. The summed E-state index contributed by atoms with van der Waals surface area (Å²) in [7, 11) is 0. The van der Waals surface area contributed by atoms with Crippen LogP contribution in [0.3, 0.4) is 0 Å². The summed E-state index contributed by atoms with van der Waals surface area (Å²) in [4.78, 5) is 18.3. The molecule has 1 saturated heterocycles. The normalized spacial score (nSPS) is 15.9. The molecule has 0 unspecified atom stereocenters. The molecule has 2 heterocycles. The molecule has 6 nitrogen and oxygen atoms in total. The third-order valence-electron chi connectivity index (χ3n) is 4.07. The quantitative estimate of drug-likeness (QED) is 0.807. The van der Waals surface area contributed by atoms with E-state index in [4.69, 9.17) is 0 Å². The summed E-state index contributed by atoms with van der Waals surface area (Å²) >= 11 is 0. The highest BCUT2D eigenvalue weighted by atomic mass is 16.3. The van der Waals surface area contributed by atoms with E-state index in [0.717, 1.165) is 43.7 Å². The SMILES string of the molecule is O=C(Nc1cccnc1)Nc1cccc(CN2CCC(O)CC2)c1. The first-order chi connectivity index (χ1) is 11.7. The summed E-state index contributed by atoms with van der Waals surface area (Å²) in [6, 6.07) is 11.1. The highest BCUT2D eigenvalue weighted by molar-refractivity contribution is 5.99. The van der Waals surface area contributed by atoms with Gasteiger partial charge in [0.1, 0.15) is 0 Å². The molecule has 2 amide bonds. The Bertz CT molecular complexity index is 670. The minimum Gasteiger partial charge on any atom is -0.393 e. The molecule has 24 heavy (non-hydrogen) atoms. The second-order valence-electron chi connectivity index (χ2n) is 6.03. The minimum atomic E-state index is -0.291. The molecule has 0 bridgehead atoms. The number of carbonyl (C=O) groups is 1. The van der Waals surface area contributed by atoms with Crippen LogP contribution in [0.5, 0.6) is 0 Å². The van der Waals surface area contributed by atoms with Gasteiger partial charge in [0.2, 0.25) is 0 Å². The zero-order valence-electron chi connectivity index (χ0n) is 13.5. The third kappa shape index (κ3) is 4.78. The molecular weight excluding hydrogens is 304 g/mol. The predicted molar refractivity (Wildman–Crippen MR) is 93.8 cm³/mol. The van der Waals surface area contributed by atoms with Gasteiger partial charge in [0, 0.05) is 31.5 Å². The van der Waals surface area contributed by atoms with Gasteiger partial charge >= 0.3 is 6.03 Å². The van der Waals surface area contributed by atoms with Crippen molar-refractivity contribution in [2.75, 3.05) is 23.7 Å². The molecule has 1 aliphatic rings. The number of aliphatic hydroxyl groups excluding tert-OH is 1. The van der Waals surface area contributed by atoms with Crippen LogP contribution in [0.2, 0.25) is 0 Å². The summed E-state index contributed by atoms with van der Waals surface area (Å²) < 4.78 is 0. The molecule has 0 spiro atoms. The van der Waals surface area contributed by atoms with Gasteiger partial charge < -0.3 is 15.7 Å². The summed E-state index contributed by atoms with van der Waals surface area (Å²) in [6.45, 7) is 2.63. The van der Waals surface area contributed by atoms with Crippen LogP contribution in [0.4, 0.5) is 16.2 Å². The number of pyridine rings is 1. The number of hydrogen-bond donors (Lipinski definition) is 3. The number of rotatable bonds is 4. The largest absolute Gasteiger partial charge is 0.393 e. The lowest BCUT2D eigenvalue weighted by Gasteiger charge is -2.29. The molecule has 126 valence electrons. The fourth-order valence-corrected chi connectivity index (χ4v) is 2.81. The molecule has 2 aromatic rings. The summed E-state index contributed by atoms with van der Waals surface area (Å²) in [6.07, 6.45) is 4.74. The van der Waals surface area contributed by atoms with E-state index >= 15 is 0 Å².